The van der Waals surface area contributed by atoms with E-state index >= 15 is 0 Å². The normalized spacial score (nSPS) is 17.9. The lowest BCUT2D eigenvalue weighted by Gasteiger charge is -2.26. The molecule has 3 nitrogen and oxygen atoms in total. The van der Waals surface area contributed by atoms with E-state index in [1.807, 2.05) is 6.07 Å². The first-order valence-corrected chi connectivity index (χ1v) is 8.67. The molecule has 1 aromatic rings. The topological polar surface area (TPSA) is 37.4 Å². The first-order chi connectivity index (χ1) is 8.55. The van der Waals surface area contributed by atoms with E-state index in [9.17, 15) is 8.42 Å². The summed E-state index contributed by atoms with van der Waals surface area (Å²) in [6, 6.07) is 5.22. The number of rotatable bonds is 3. The molecule has 1 aliphatic heterocycles. The second kappa shape index (κ2) is 5.90. The summed E-state index contributed by atoms with van der Waals surface area (Å²) < 4.78 is 27.2. The van der Waals surface area contributed by atoms with Gasteiger partial charge in [0.1, 0.15) is 0 Å². The van der Waals surface area contributed by atoms with E-state index < -0.39 is 10.0 Å². The molecule has 0 saturated carbocycles. The fraction of sp³-hybridized carbons (Fsp3) is 0.500. The summed E-state index contributed by atoms with van der Waals surface area (Å²) in [6.07, 6.45) is 2.98. The van der Waals surface area contributed by atoms with Crippen LogP contribution in [0.4, 0.5) is 0 Å². The van der Waals surface area contributed by atoms with Crippen LogP contribution in [0.25, 0.3) is 0 Å². The summed E-state index contributed by atoms with van der Waals surface area (Å²) in [5, 5.41) is 0. The molecule has 0 aliphatic carbocycles. The molecule has 0 atom stereocenters. The highest BCUT2D eigenvalue weighted by molar-refractivity contribution is 9.10. The zero-order valence-electron chi connectivity index (χ0n) is 9.90. The molecular formula is C12H15BrClNO2S. The van der Waals surface area contributed by atoms with E-state index in [0.717, 1.165) is 24.8 Å². The Hall–Kier alpha value is -0.100. The number of hydrogen-bond acceptors (Lipinski definition) is 2. The maximum Gasteiger partial charge on any atom is 0.244 e. The molecule has 0 N–H and O–H groups in total. The number of halogens is 2. The van der Waals surface area contributed by atoms with Crippen molar-refractivity contribution in [2.45, 2.75) is 30.0 Å². The van der Waals surface area contributed by atoms with Gasteiger partial charge in [0.2, 0.25) is 10.0 Å². The van der Waals surface area contributed by atoms with E-state index in [1.54, 1.807) is 16.4 Å². The Balaban J connectivity index is 2.39. The summed E-state index contributed by atoms with van der Waals surface area (Å²) >= 11 is 9.08. The van der Waals surface area contributed by atoms with Gasteiger partial charge >= 0.3 is 0 Å². The van der Waals surface area contributed by atoms with Crippen molar-refractivity contribution in [2.24, 2.45) is 0 Å². The lowest BCUT2D eigenvalue weighted by atomic mass is 10.2. The monoisotopic (exact) mass is 351 g/mol. The van der Waals surface area contributed by atoms with Crippen LogP contribution >= 0.6 is 27.5 Å². The van der Waals surface area contributed by atoms with E-state index in [0.29, 0.717) is 28.3 Å². The molecule has 0 spiro atoms. The molecule has 18 heavy (non-hydrogen) atoms. The largest absolute Gasteiger partial charge is 0.244 e. The molecule has 0 amide bonds. The van der Waals surface area contributed by atoms with E-state index in [4.69, 9.17) is 11.6 Å². The number of benzene rings is 1. The summed E-state index contributed by atoms with van der Waals surface area (Å²) in [4.78, 5) is 0.322. The highest BCUT2D eigenvalue weighted by Gasteiger charge is 2.27. The van der Waals surface area contributed by atoms with Crippen molar-refractivity contribution < 1.29 is 8.42 Å². The molecule has 1 aromatic carbocycles. The Kier molecular flexibility index (Phi) is 4.69. The highest BCUT2D eigenvalue weighted by Crippen LogP contribution is 2.28. The lowest BCUT2D eigenvalue weighted by Crippen LogP contribution is -2.35. The van der Waals surface area contributed by atoms with Crippen molar-refractivity contribution in [3.05, 3.63) is 28.2 Å². The summed E-state index contributed by atoms with van der Waals surface area (Å²) in [7, 11) is -3.40. The standard InChI is InChI=1S/C12H15BrClNO2S/c13-11-5-4-10(9-14)8-12(11)18(16,17)15-6-2-1-3-7-15/h4-5,8H,1-3,6-7,9H2. The van der Waals surface area contributed by atoms with Crippen LogP contribution < -0.4 is 0 Å². The van der Waals surface area contributed by atoms with Crippen LogP contribution in [0.15, 0.2) is 27.6 Å². The van der Waals surface area contributed by atoms with Gasteiger partial charge in [0, 0.05) is 23.4 Å². The number of alkyl halides is 1. The SMILES string of the molecule is O=S(=O)(c1cc(CCl)ccc1Br)N1CCCCC1. The van der Waals surface area contributed by atoms with Gasteiger partial charge in [0.25, 0.3) is 0 Å². The predicted octanol–water partition coefficient (Wildman–Crippen LogP) is 3.36. The van der Waals surface area contributed by atoms with Gasteiger partial charge in [0.15, 0.2) is 0 Å². The molecule has 1 saturated heterocycles. The molecule has 1 aliphatic rings. The van der Waals surface area contributed by atoms with Crippen LogP contribution in [0.3, 0.4) is 0 Å². The van der Waals surface area contributed by atoms with Gasteiger partial charge in [-0.3, -0.25) is 0 Å². The fourth-order valence-corrected chi connectivity index (χ4v) is 4.73. The molecule has 0 unspecified atom stereocenters. The molecular weight excluding hydrogens is 338 g/mol. The van der Waals surface area contributed by atoms with E-state index in [1.165, 1.54) is 0 Å². The van der Waals surface area contributed by atoms with Crippen molar-refractivity contribution in [1.29, 1.82) is 0 Å². The first-order valence-electron chi connectivity index (χ1n) is 5.90. The van der Waals surface area contributed by atoms with Crippen LogP contribution in [0, 0.1) is 0 Å². The zero-order valence-corrected chi connectivity index (χ0v) is 13.1. The third-order valence-corrected chi connectivity index (χ3v) is 6.28. The fourth-order valence-electron chi connectivity index (χ4n) is 2.07. The third kappa shape index (κ3) is 2.90. The maximum atomic E-state index is 12.5. The molecule has 0 radical (unpaired) electrons. The summed E-state index contributed by atoms with van der Waals surface area (Å²) in [6.45, 7) is 1.22. The van der Waals surface area contributed by atoms with Crippen LogP contribution in [-0.2, 0) is 15.9 Å². The first kappa shape index (κ1) is 14.3. The quantitative estimate of drug-likeness (QED) is 0.782. The Morgan fingerprint density at radius 2 is 1.89 bits per heavy atom. The van der Waals surface area contributed by atoms with Crippen molar-refractivity contribution in [3.8, 4) is 0 Å². The molecule has 1 heterocycles. The van der Waals surface area contributed by atoms with Crippen molar-refractivity contribution in [1.82, 2.24) is 4.31 Å². The number of piperidine rings is 1. The molecule has 0 aromatic heterocycles. The number of sulfonamides is 1. The second-order valence-corrected chi connectivity index (χ2v) is 7.39. The summed E-state index contributed by atoms with van der Waals surface area (Å²) in [5.74, 6) is 0.315. The Morgan fingerprint density at radius 3 is 2.50 bits per heavy atom. The maximum absolute atomic E-state index is 12.5. The van der Waals surface area contributed by atoms with Crippen molar-refractivity contribution in [3.63, 3.8) is 0 Å². The lowest BCUT2D eigenvalue weighted by molar-refractivity contribution is 0.346. The molecule has 0 bridgehead atoms. The minimum Gasteiger partial charge on any atom is -0.207 e. The van der Waals surface area contributed by atoms with Gasteiger partial charge in [-0.1, -0.05) is 12.5 Å². The molecule has 2 rings (SSSR count). The second-order valence-electron chi connectivity index (χ2n) is 4.36. The van der Waals surface area contributed by atoms with Gasteiger partial charge in [-0.2, -0.15) is 4.31 Å². The minimum atomic E-state index is -3.40. The Bertz CT molecular complexity index is 527. The smallest absolute Gasteiger partial charge is 0.207 e. The third-order valence-electron chi connectivity index (χ3n) is 3.08. The Labute approximate surface area is 121 Å². The van der Waals surface area contributed by atoms with Crippen LogP contribution in [0.5, 0.6) is 0 Å². The van der Waals surface area contributed by atoms with Crippen molar-refractivity contribution in [2.75, 3.05) is 13.1 Å². The number of hydrogen-bond donors (Lipinski definition) is 0. The number of nitrogens with zero attached hydrogens (tertiary/aromatic N) is 1. The van der Waals surface area contributed by atoms with E-state index in [2.05, 4.69) is 15.9 Å². The minimum absolute atomic E-state index is 0.315. The Morgan fingerprint density at radius 1 is 1.22 bits per heavy atom. The molecule has 1 fully saturated rings. The summed E-state index contributed by atoms with van der Waals surface area (Å²) in [5.41, 5.74) is 0.815. The average molecular weight is 353 g/mol. The molecule has 100 valence electrons. The van der Waals surface area contributed by atoms with Gasteiger partial charge in [-0.05, 0) is 46.5 Å². The van der Waals surface area contributed by atoms with Crippen LogP contribution in [0.1, 0.15) is 24.8 Å². The van der Waals surface area contributed by atoms with Gasteiger partial charge in [0.05, 0.1) is 4.90 Å². The van der Waals surface area contributed by atoms with Crippen LogP contribution in [-0.4, -0.2) is 25.8 Å². The van der Waals surface area contributed by atoms with Gasteiger partial charge in [-0.15, -0.1) is 11.6 Å². The van der Waals surface area contributed by atoms with Gasteiger partial charge < -0.3 is 0 Å². The highest BCUT2D eigenvalue weighted by atomic mass is 79.9. The van der Waals surface area contributed by atoms with E-state index in [-0.39, 0.29) is 0 Å². The predicted molar refractivity (Wildman–Crippen MR) is 76.3 cm³/mol. The molecule has 6 heteroatoms. The van der Waals surface area contributed by atoms with Crippen molar-refractivity contribution >= 4 is 37.6 Å². The van der Waals surface area contributed by atoms with Crippen LogP contribution in [0.2, 0.25) is 0 Å². The zero-order chi connectivity index (χ0) is 13.2. The average Bonchev–Trinajstić information content (AvgIpc) is 2.40. The van der Waals surface area contributed by atoms with Gasteiger partial charge in [-0.25, -0.2) is 8.42 Å².